The number of anilines is 3. The van der Waals surface area contributed by atoms with Crippen molar-refractivity contribution in [3.63, 3.8) is 0 Å². The van der Waals surface area contributed by atoms with E-state index in [0.29, 0.717) is 5.95 Å². The van der Waals surface area contributed by atoms with Crippen LogP contribution in [0.25, 0.3) is 0 Å². The van der Waals surface area contributed by atoms with Crippen molar-refractivity contribution in [2.75, 3.05) is 11.1 Å². The lowest BCUT2D eigenvalue weighted by atomic mass is 10.3. The Morgan fingerprint density at radius 1 is 0.929 bits per heavy atom. The van der Waals surface area contributed by atoms with Crippen LogP contribution >= 0.6 is 0 Å². The second-order valence-electron chi connectivity index (χ2n) is 2.57. The highest BCUT2D eigenvalue weighted by atomic mass is 15.4. The lowest BCUT2D eigenvalue weighted by Gasteiger charge is -2.01. The average molecular weight is 188 g/mol. The zero-order valence-corrected chi connectivity index (χ0v) is 7.25. The Balaban J connectivity index is 2.16. The number of nitrogens with one attached hydrogen (secondary N) is 1. The molecule has 0 spiro atoms. The quantitative estimate of drug-likeness (QED) is 0.717. The second kappa shape index (κ2) is 3.65. The van der Waals surface area contributed by atoms with Crippen LogP contribution in [-0.4, -0.2) is 20.4 Å². The van der Waals surface area contributed by atoms with Crippen LogP contribution in [0.5, 0.6) is 0 Å². The van der Waals surface area contributed by atoms with E-state index in [9.17, 15) is 0 Å². The molecule has 0 bridgehead atoms. The summed E-state index contributed by atoms with van der Waals surface area (Å²) in [6.07, 6.45) is 0. The van der Waals surface area contributed by atoms with Gasteiger partial charge in [0.15, 0.2) is 0 Å². The number of para-hydroxylation sites is 1. The molecule has 2 rings (SSSR count). The summed E-state index contributed by atoms with van der Waals surface area (Å²) in [5, 5.41) is 17.5. The standard InChI is InChI=1S/C8H8N6/c9-7-11-13-8(14-12-7)10-6-4-2-1-3-5-6/h1-5H,(H2,9,11,12)(H,10,13,14). The maximum Gasteiger partial charge on any atom is 0.266 e. The van der Waals surface area contributed by atoms with Gasteiger partial charge in [0.25, 0.3) is 11.9 Å². The number of nitrogen functional groups attached to an aromatic ring is 1. The maximum atomic E-state index is 5.25. The molecule has 3 N–H and O–H groups in total. The molecule has 1 heterocycles. The Bertz CT molecular complexity index is 398. The molecule has 0 aliphatic heterocycles. The minimum Gasteiger partial charge on any atom is -0.365 e. The normalized spacial score (nSPS) is 9.71. The molecule has 1 aromatic heterocycles. The highest BCUT2D eigenvalue weighted by molar-refractivity contribution is 5.51. The highest BCUT2D eigenvalue weighted by Gasteiger charge is 1.97. The van der Waals surface area contributed by atoms with Gasteiger partial charge in [-0.2, -0.15) is 0 Å². The van der Waals surface area contributed by atoms with Crippen molar-refractivity contribution in [2.24, 2.45) is 0 Å². The molecule has 0 unspecified atom stereocenters. The second-order valence-corrected chi connectivity index (χ2v) is 2.57. The smallest absolute Gasteiger partial charge is 0.266 e. The molecule has 0 atom stereocenters. The van der Waals surface area contributed by atoms with Crippen LogP contribution in [0.3, 0.4) is 0 Å². The van der Waals surface area contributed by atoms with Gasteiger partial charge in [-0.1, -0.05) is 18.2 Å². The number of rotatable bonds is 2. The van der Waals surface area contributed by atoms with Crippen LogP contribution in [0.2, 0.25) is 0 Å². The highest BCUT2D eigenvalue weighted by Crippen LogP contribution is 2.09. The average Bonchev–Trinajstić information content (AvgIpc) is 2.23. The van der Waals surface area contributed by atoms with Gasteiger partial charge >= 0.3 is 0 Å². The first-order valence-electron chi connectivity index (χ1n) is 3.99. The zero-order valence-electron chi connectivity index (χ0n) is 7.25. The van der Waals surface area contributed by atoms with E-state index in [2.05, 4.69) is 25.7 Å². The molecule has 2 aromatic rings. The summed E-state index contributed by atoms with van der Waals surface area (Å²) >= 11 is 0. The molecule has 0 radical (unpaired) electrons. The summed E-state index contributed by atoms with van der Waals surface area (Å²) in [4.78, 5) is 0. The molecule has 0 aliphatic rings. The van der Waals surface area contributed by atoms with Gasteiger partial charge in [-0.05, 0) is 12.1 Å². The van der Waals surface area contributed by atoms with Crippen molar-refractivity contribution in [1.82, 2.24) is 20.4 Å². The van der Waals surface area contributed by atoms with Gasteiger partial charge in [0.05, 0.1) is 0 Å². The Morgan fingerprint density at radius 2 is 1.57 bits per heavy atom. The molecule has 0 amide bonds. The molecule has 6 heteroatoms. The Kier molecular flexibility index (Phi) is 2.18. The molecule has 14 heavy (non-hydrogen) atoms. The minimum atomic E-state index is 0.0589. The molecule has 0 aliphatic carbocycles. The molecule has 0 fully saturated rings. The van der Waals surface area contributed by atoms with Crippen LogP contribution < -0.4 is 11.1 Å². The fourth-order valence-corrected chi connectivity index (χ4v) is 0.938. The number of benzene rings is 1. The fraction of sp³-hybridized carbons (Fsp3) is 0. The Labute approximate surface area is 80.2 Å². The van der Waals surface area contributed by atoms with Crippen LogP contribution in [0, 0.1) is 0 Å². The van der Waals surface area contributed by atoms with Gasteiger partial charge in [0.2, 0.25) is 0 Å². The number of aromatic nitrogens is 4. The summed E-state index contributed by atoms with van der Waals surface area (Å²) < 4.78 is 0. The van der Waals surface area contributed by atoms with Crippen LogP contribution in [-0.2, 0) is 0 Å². The molecule has 70 valence electrons. The molecule has 0 saturated heterocycles. The van der Waals surface area contributed by atoms with E-state index >= 15 is 0 Å². The summed E-state index contributed by atoms with van der Waals surface area (Å²) in [5.74, 6) is 0.383. The molecule has 1 aromatic carbocycles. The first-order valence-corrected chi connectivity index (χ1v) is 3.99. The largest absolute Gasteiger partial charge is 0.365 e. The SMILES string of the molecule is Nc1nnc(Nc2ccccc2)nn1. The van der Waals surface area contributed by atoms with Crippen molar-refractivity contribution in [1.29, 1.82) is 0 Å². The lowest BCUT2D eigenvalue weighted by Crippen LogP contribution is -2.04. The van der Waals surface area contributed by atoms with Gasteiger partial charge in [-0.3, -0.25) is 0 Å². The molecule has 0 saturated carbocycles. The number of nitrogens with zero attached hydrogens (tertiary/aromatic N) is 4. The van der Waals surface area contributed by atoms with Gasteiger partial charge < -0.3 is 11.1 Å². The van der Waals surface area contributed by atoms with Crippen molar-refractivity contribution >= 4 is 17.6 Å². The van der Waals surface area contributed by atoms with Crippen molar-refractivity contribution in [3.8, 4) is 0 Å². The van der Waals surface area contributed by atoms with Crippen molar-refractivity contribution in [2.45, 2.75) is 0 Å². The minimum absolute atomic E-state index is 0.0589. The van der Waals surface area contributed by atoms with E-state index in [1.807, 2.05) is 30.3 Å². The fourth-order valence-electron chi connectivity index (χ4n) is 0.938. The Hall–Kier alpha value is -2.24. The van der Waals surface area contributed by atoms with Crippen LogP contribution in [0.4, 0.5) is 17.6 Å². The van der Waals surface area contributed by atoms with Crippen LogP contribution in [0.1, 0.15) is 0 Å². The number of hydrogen-bond acceptors (Lipinski definition) is 6. The van der Waals surface area contributed by atoms with Gasteiger partial charge in [0, 0.05) is 5.69 Å². The van der Waals surface area contributed by atoms with E-state index in [-0.39, 0.29) is 5.95 Å². The van der Waals surface area contributed by atoms with Gasteiger partial charge in [-0.25, -0.2) is 0 Å². The number of hydrogen-bond donors (Lipinski definition) is 2. The third-order valence-corrected chi connectivity index (χ3v) is 1.52. The predicted molar refractivity (Wildman–Crippen MR) is 51.8 cm³/mol. The zero-order chi connectivity index (χ0) is 9.80. The molecule has 6 nitrogen and oxygen atoms in total. The van der Waals surface area contributed by atoms with E-state index in [0.717, 1.165) is 5.69 Å². The van der Waals surface area contributed by atoms with Crippen LogP contribution in [0.15, 0.2) is 30.3 Å². The monoisotopic (exact) mass is 188 g/mol. The van der Waals surface area contributed by atoms with E-state index in [4.69, 9.17) is 5.73 Å². The third-order valence-electron chi connectivity index (χ3n) is 1.52. The summed E-state index contributed by atoms with van der Waals surface area (Å²) in [6, 6.07) is 9.51. The Morgan fingerprint density at radius 3 is 2.21 bits per heavy atom. The van der Waals surface area contributed by atoms with Crippen molar-refractivity contribution in [3.05, 3.63) is 30.3 Å². The van der Waals surface area contributed by atoms with E-state index < -0.39 is 0 Å². The first-order chi connectivity index (χ1) is 6.84. The first kappa shape index (κ1) is 8.36. The van der Waals surface area contributed by atoms with E-state index in [1.54, 1.807) is 0 Å². The third kappa shape index (κ3) is 1.92. The maximum absolute atomic E-state index is 5.25. The number of nitrogens with two attached hydrogens (primary N) is 1. The van der Waals surface area contributed by atoms with Crippen molar-refractivity contribution < 1.29 is 0 Å². The summed E-state index contributed by atoms with van der Waals surface area (Å²) in [5.41, 5.74) is 6.12. The molecular weight excluding hydrogens is 180 g/mol. The summed E-state index contributed by atoms with van der Waals surface area (Å²) in [6.45, 7) is 0. The van der Waals surface area contributed by atoms with Gasteiger partial charge in [0.1, 0.15) is 0 Å². The lowest BCUT2D eigenvalue weighted by molar-refractivity contribution is 0.881. The molecular formula is C8H8N6. The topological polar surface area (TPSA) is 89.6 Å². The summed E-state index contributed by atoms with van der Waals surface area (Å²) in [7, 11) is 0. The van der Waals surface area contributed by atoms with E-state index in [1.165, 1.54) is 0 Å². The predicted octanol–water partition coefficient (Wildman–Crippen LogP) is 0.592. The van der Waals surface area contributed by atoms with Gasteiger partial charge in [-0.15, -0.1) is 20.4 Å².